The Hall–Kier alpha value is -2.03. The molecule has 0 aromatic heterocycles. The number of carbonyl (C=O) groups is 1. The second kappa shape index (κ2) is 6.61. The van der Waals surface area contributed by atoms with E-state index in [1.807, 2.05) is 19.9 Å². The minimum atomic E-state index is -0.273. The summed E-state index contributed by atoms with van der Waals surface area (Å²) in [5.74, 6) is 1.30. The van der Waals surface area contributed by atoms with Gasteiger partial charge in [-0.05, 0) is 55.2 Å². The maximum absolute atomic E-state index is 11.5. The fraction of sp³-hybridized carbons (Fsp3) is 0.522. The third kappa shape index (κ3) is 3.44. The average molecular weight is 354 g/mol. The highest BCUT2D eigenvalue weighted by atomic mass is 16.5. The van der Waals surface area contributed by atoms with Crippen LogP contribution in [0.1, 0.15) is 57.7 Å². The molecule has 1 fully saturated rings. The van der Waals surface area contributed by atoms with Crippen molar-refractivity contribution in [2.75, 3.05) is 13.2 Å². The number of benzene rings is 1. The van der Waals surface area contributed by atoms with Crippen LogP contribution < -0.4 is 4.74 Å². The van der Waals surface area contributed by atoms with Gasteiger partial charge in [-0.2, -0.15) is 0 Å². The molecule has 0 bridgehead atoms. The molecule has 140 valence electrons. The highest BCUT2D eigenvalue weighted by Gasteiger charge is 2.50. The van der Waals surface area contributed by atoms with E-state index in [0.717, 1.165) is 24.4 Å². The molecule has 0 spiro atoms. The Morgan fingerprint density at radius 1 is 1.35 bits per heavy atom. The van der Waals surface area contributed by atoms with E-state index in [-0.39, 0.29) is 16.8 Å². The van der Waals surface area contributed by atoms with Crippen molar-refractivity contribution in [2.24, 2.45) is 5.92 Å². The van der Waals surface area contributed by atoms with Crippen molar-refractivity contribution < 1.29 is 14.3 Å². The summed E-state index contributed by atoms with van der Waals surface area (Å²) in [6, 6.07) is 4.64. The van der Waals surface area contributed by atoms with E-state index in [9.17, 15) is 4.79 Å². The lowest BCUT2D eigenvalue weighted by Crippen LogP contribution is -2.18. The first-order chi connectivity index (χ1) is 12.2. The van der Waals surface area contributed by atoms with Crippen LogP contribution in [0.4, 0.5) is 0 Å². The molecule has 3 nitrogen and oxygen atoms in total. The molecule has 1 aliphatic carbocycles. The molecule has 2 atom stereocenters. The monoisotopic (exact) mass is 354 g/mol. The number of carbonyl (C=O) groups excluding carboxylic acids is 1. The molecule has 0 saturated heterocycles. The van der Waals surface area contributed by atoms with Gasteiger partial charge in [-0.3, -0.25) is 0 Å². The predicted molar refractivity (Wildman–Crippen MR) is 105 cm³/mol. The topological polar surface area (TPSA) is 35.5 Å². The zero-order valence-electron chi connectivity index (χ0n) is 16.8. The van der Waals surface area contributed by atoms with Crippen LogP contribution in [0.25, 0.3) is 0 Å². The van der Waals surface area contributed by atoms with Crippen molar-refractivity contribution in [3.8, 4) is 5.75 Å². The maximum atomic E-state index is 11.5. The number of hydrogen-bond donors (Lipinski definition) is 0. The van der Waals surface area contributed by atoms with Gasteiger partial charge >= 0.3 is 5.97 Å². The van der Waals surface area contributed by atoms with Crippen LogP contribution in [0.3, 0.4) is 0 Å². The van der Waals surface area contributed by atoms with Crippen LogP contribution in [0.15, 0.2) is 35.9 Å². The van der Waals surface area contributed by atoms with Crippen molar-refractivity contribution in [3.63, 3.8) is 0 Å². The van der Waals surface area contributed by atoms with Crippen LogP contribution in [-0.2, 0) is 20.4 Å². The van der Waals surface area contributed by atoms with Gasteiger partial charge in [-0.15, -0.1) is 0 Å². The van der Waals surface area contributed by atoms with Gasteiger partial charge in [0.15, 0.2) is 0 Å². The minimum absolute atomic E-state index is 0.0751. The smallest absolute Gasteiger partial charge is 0.330 e. The van der Waals surface area contributed by atoms with Crippen molar-refractivity contribution in [1.82, 2.24) is 0 Å². The lowest BCUT2D eigenvalue weighted by atomic mass is 9.82. The third-order valence-corrected chi connectivity index (χ3v) is 5.77. The van der Waals surface area contributed by atoms with Gasteiger partial charge in [0.05, 0.1) is 13.2 Å². The summed E-state index contributed by atoms with van der Waals surface area (Å²) in [5, 5.41) is 0. The van der Waals surface area contributed by atoms with E-state index in [1.54, 1.807) is 6.08 Å². The number of esters is 1. The molecule has 3 rings (SSSR count). The molecular weight excluding hydrogens is 324 g/mol. The minimum Gasteiger partial charge on any atom is -0.492 e. The van der Waals surface area contributed by atoms with E-state index in [1.165, 1.54) is 16.7 Å². The van der Waals surface area contributed by atoms with Crippen molar-refractivity contribution >= 4 is 5.97 Å². The van der Waals surface area contributed by atoms with Crippen LogP contribution in [-0.4, -0.2) is 19.2 Å². The Morgan fingerprint density at radius 3 is 2.77 bits per heavy atom. The maximum Gasteiger partial charge on any atom is 0.330 e. The molecule has 0 unspecified atom stereocenters. The number of hydrogen-bond acceptors (Lipinski definition) is 3. The number of ether oxygens (including phenoxy) is 2. The first-order valence-corrected chi connectivity index (χ1v) is 9.49. The molecule has 1 aromatic carbocycles. The number of aryl methyl sites for hydroxylation is 1. The van der Waals surface area contributed by atoms with Gasteiger partial charge < -0.3 is 9.47 Å². The van der Waals surface area contributed by atoms with Crippen LogP contribution >= 0.6 is 0 Å². The van der Waals surface area contributed by atoms with Gasteiger partial charge in [0, 0.05) is 17.1 Å². The zero-order valence-corrected chi connectivity index (χ0v) is 16.8. The van der Waals surface area contributed by atoms with E-state index < -0.39 is 0 Å². The SMILES string of the molecule is CCOC(=O)/C=C(C)/C=C/[C@@H]1C[C@]1(C)c1cc(C)c2c(c1)C(C)(C)CO2. The lowest BCUT2D eigenvalue weighted by molar-refractivity contribution is -0.137. The first kappa shape index (κ1) is 18.8. The molecule has 1 heterocycles. The normalized spacial score (nSPS) is 26.5. The Morgan fingerprint density at radius 2 is 2.08 bits per heavy atom. The molecule has 1 saturated carbocycles. The highest BCUT2D eigenvalue weighted by Crippen LogP contribution is 2.56. The van der Waals surface area contributed by atoms with Gasteiger partial charge in [0.25, 0.3) is 0 Å². The van der Waals surface area contributed by atoms with E-state index in [0.29, 0.717) is 12.5 Å². The van der Waals surface area contributed by atoms with Crippen LogP contribution in [0.2, 0.25) is 0 Å². The van der Waals surface area contributed by atoms with Gasteiger partial charge in [-0.25, -0.2) is 4.79 Å². The number of fused-ring (bicyclic) bond motifs is 1. The number of rotatable bonds is 5. The Balaban J connectivity index is 1.77. The standard InChI is InChI=1S/C23H30O3/c1-7-25-20(24)10-15(2)8-9-17-13-23(17,6)18-11-16(3)21-19(12-18)22(4,5)14-26-21/h8-12,17H,7,13-14H2,1-6H3/b9-8+,15-10+/t17-,23+/m1/s1. The molecule has 0 radical (unpaired) electrons. The van der Waals surface area contributed by atoms with Crippen molar-refractivity contribution in [1.29, 1.82) is 0 Å². The summed E-state index contributed by atoms with van der Waals surface area (Å²) in [4.78, 5) is 11.5. The highest BCUT2D eigenvalue weighted by molar-refractivity contribution is 5.83. The summed E-state index contributed by atoms with van der Waals surface area (Å²) < 4.78 is 10.9. The van der Waals surface area contributed by atoms with Gasteiger partial charge in [-0.1, -0.05) is 45.1 Å². The summed E-state index contributed by atoms with van der Waals surface area (Å²) in [5.41, 5.74) is 5.13. The van der Waals surface area contributed by atoms with Crippen LogP contribution in [0.5, 0.6) is 5.75 Å². The summed E-state index contributed by atoms with van der Waals surface area (Å²) in [7, 11) is 0. The molecule has 0 amide bonds. The fourth-order valence-corrected chi connectivity index (χ4v) is 3.82. The van der Waals surface area contributed by atoms with E-state index in [4.69, 9.17) is 9.47 Å². The predicted octanol–water partition coefficient (Wildman–Crippen LogP) is 5.01. The molecule has 2 aliphatic rings. The summed E-state index contributed by atoms with van der Waals surface area (Å²) >= 11 is 0. The Labute approximate surface area is 157 Å². The second-order valence-electron chi connectivity index (χ2n) is 8.57. The van der Waals surface area contributed by atoms with Gasteiger partial charge in [0.1, 0.15) is 5.75 Å². The average Bonchev–Trinajstić information content (AvgIpc) is 3.12. The van der Waals surface area contributed by atoms with Gasteiger partial charge in [0.2, 0.25) is 0 Å². The van der Waals surface area contributed by atoms with Crippen molar-refractivity contribution in [3.05, 3.63) is 52.6 Å². The third-order valence-electron chi connectivity index (χ3n) is 5.77. The van der Waals surface area contributed by atoms with E-state index in [2.05, 4.69) is 45.9 Å². The largest absolute Gasteiger partial charge is 0.492 e. The quantitative estimate of drug-likeness (QED) is 0.424. The lowest BCUT2D eigenvalue weighted by Gasteiger charge is -2.19. The Bertz CT molecular complexity index is 785. The van der Waals surface area contributed by atoms with Crippen molar-refractivity contribution in [2.45, 2.75) is 58.8 Å². The summed E-state index contributed by atoms with van der Waals surface area (Å²) in [6.45, 7) is 13.9. The zero-order chi connectivity index (χ0) is 19.1. The molecule has 1 aliphatic heterocycles. The second-order valence-corrected chi connectivity index (χ2v) is 8.57. The van der Waals surface area contributed by atoms with E-state index >= 15 is 0 Å². The fourth-order valence-electron chi connectivity index (χ4n) is 3.82. The Kier molecular flexibility index (Phi) is 4.76. The molecule has 1 aromatic rings. The molecule has 3 heteroatoms. The number of allylic oxidation sites excluding steroid dienone is 3. The molecule has 26 heavy (non-hydrogen) atoms. The summed E-state index contributed by atoms with van der Waals surface area (Å²) in [6.07, 6.45) is 6.96. The van der Waals surface area contributed by atoms with Crippen LogP contribution in [0, 0.1) is 12.8 Å². The molecule has 0 N–H and O–H groups in total. The molecular formula is C23H30O3. The first-order valence-electron chi connectivity index (χ1n) is 9.49.